The molecule has 3 rings (SSSR count). The second-order valence-corrected chi connectivity index (χ2v) is 7.14. The molecule has 7 heteroatoms. The van der Waals surface area contributed by atoms with Gasteiger partial charge in [0.15, 0.2) is 0 Å². The van der Waals surface area contributed by atoms with Crippen molar-refractivity contribution in [3.63, 3.8) is 0 Å². The number of nitrogens with zero attached hydrogens (tertiary/aromatic N) is 2. The molecular weight excluding hydrogens is 322 g/mol. The Hall–Kier alpha value is -2.18. The molecule has 2 N–H and O–H groups in total. The number of fused-ring (bicyclic) bond motifs is 1. The van der Waals surface area contributed by atoms with Crippen LogP contribution in [0.2, 0.25) is 0 Å². The predicted molar refractivity (Wildman–Crippen MR) is 89.8 cm³/mol. The molecule has 0 saturated carbocycles. The zero-order chi connectivity index (χ0) is 18.0. The molecule has 2 heterocycles. The molecule has 0 spiro atoms. The molecule has 2 atom stereocenters. The SMILES string of the molecule is NC(=O)C1CCN(C(=O)CCCN2C(=O)[C@@H]3CC=CC[C@H]3C2=O)CC1. The van der Waals surface area contributed by atoms with Gasteiger partial charge in [-0.2, -0.15) is 0 Å². The highest BCUT2D eigenvalue weighted by Crippen LogP contribution is 2.35. The van der Waals surface area contributed by atoms with E-state index >= 15 is 0 Å². The number of allylic oxidation sites excluding steroid dienone is 2. The van der Waals surface area contributed by atoms with Gasteiger partial charge in [0.2, 0.25) is 23.6 Å². The predicted octanol–water partition coefficient (Wildman–Crippen LogP) is 0.442. The second kappa shape index (κ2) is 7.37. The minimum atomic E-state index is -0.297. The number of carbonyl (C=O) groups excluding carboxylic acids is 4. The normalized spacial score (nSPS) is 26.9. The van der Waals surface area contributed by atoms with Crippen molar-refractivity contribution >= 4 is 23.6 Å². The van der Waals surface area contributed by atoms with Crippen molar-refractivity contribution in [1.82, 2.24) is 9.80 Å². The maximum Gasteiger partial charge on any atom is 0.233 e. The van der Waals surface area contributed by atoms with E-state index in [1.165, 1.54) is 4.90 Å². The lowest BCUT2D eigenvalue weighted by Crippen LogP contribution is -2.42. The Morgan fingerprint density at radius 2 is 1.60 bits per heavy atom. The number of hydrogen-bond donors (Lipinski definition) is 1. The Labute approximate surface area is 147 Å². The highest BCUT2D eigenvalue weighted by molar-refractivity contribution is 6.05. The maximum absolute atomic E-state index is 12.4. The van der Waals surface area contributed by atoms with Crippen molar-refractivity contribution in [3.05, 3.63) is 12.2 Å². The number of likely N-dealkylation sites (tertiary alicyclic amines) is 2. The summed E-state index contributed by atoms with van der Waals surface area (Å²) < 4.78 is 0. The molecule has 2 saturated heterocycles. The zero-order valence-electron chi connectivity index (χ0n) is 14.4. The molecule has 0 unspecified atom stereocenters. The lowest BCUT2D eigenvalue weighted by Gasteiger charge is -2.30. The third-order valence-electron chi connectivity index (χ3n) is 5.62. The molecule has 1 aliphatic carbocycles. The summed E-state index contributed by atoms with van der Waals surface area (Å²) in [5.74, 6) is -1.01. The molecule has 0 aromatic heterocycles. The summed E-state index contributed by atoms with van der Waals surface area (Å²) in [4.78, 5) is 51.2. The molecule has 3 aliphatic rings. The number of piperidine rings is 1. The average molecular weight is 347 g/mol. The number of carbonyl (C=O) groups is 4. The van der Waals surface area contributed by atoms with Crippen molar-refractivity contribution in [1.29, 1.82) is 0 Å². The molecule has 0 aromatic carbocycles. The fourth-order valence-electron chi connectivity index (χ4n) is 4.05. The quantitative estimate of drug-likeness (QED) is 0.576. The molecule has 7 nitrogen and oxygen atoms in total. The lowest BCUT2D eigenvalue weighted by atomic mass is 9.85. The van der Waals surface area contributed by atoms with Crippen molar-refractivity contribution in [2.24, 2.45) is 23.5 Å². The van der Waals surface area contributed by atoms with Gasteiger partial charge >= 0.3 is 0 Å². The van der Waals surface area contributed by atoms with Crippen LogP contribution in [-0.2, 0) is 19.2 Å². The highest BCUT2D eigenvalue weighted by atomic mass is 16.2. The van der Waals surface area contributed by atoms with Crippen LogP contribution in [-0.4, -0.2) is 53.1 Å². The lowest BCUT2D eigenvalue weighted by molar-refractivity contribution is -0.141. The third kappa shape index (κ3) is 3.60. The standard InChI is InChI=1S/C18H25N3O4/c19-16(23)12-7-10-20(11-8-12)15(22)6-3-9-21-17(24)13-4-1-2-5-14(13)18(21)25/h1-2,12-14H,3-11H2,(H2,19,23)/t13-,14-/m1/s1. The number of hydrogen-bond acceptors (Lipinski definition) is 4. The molecule has 0 aromatic rings. The summed E-state index contributed by atoms with van der Waals surface area (Å²) in [5, 5.41) is 0. The summed E-state index contributed by atoms with van der Waals surface area (Å²) in [6.45, 7) is 1.40. The van der Waals surface area contributed by atoms with Gasteiger partial charge in [-0.3, -0.25) is 24.1 Å². The number of primary amides is 1. The Balaban J connectivity index is 1.44. The van der Waals surface area contributed by atoms with E-state index in [0.717, 1.165) is 0 Å². The minimum absolute atomic E-state index is 0.0149. The van der Waals surface area contributed by atoms with Crippen molar-refractivity contribution in [3.8, 4) is 0 Å². The van der Waals surface area contributed by atoms with Gasteiger partial charge in [-0.15, -0.1) is 0 Å². The van der Waals surface area contributed by atoms with Crippen LogP contribution in [0.5, 0.6) is 0 Å². The molecule has 136 valence electrons. The first-order valence-electron chi connectivity index (χ1n) is 9.06. The Morgan fingerprint density at radius 3 is 2.12 bits per heavy atom. The number of amides is 4. The van der Waals surface area contributed by atoms with Crippen LogP contribution in [0.15, 0.2) is 12.2 Å². The average Bonchev–Trinajstić information content (AvgIpc) is 2.87. The fraction of sp³-hybridized carbons (Fsp3) is 0.667. The second-order valence-electron chi connectivity index (χ2n) is 7.14. The van der Waals surface area contributed by atoms with E-state index in [1.54, 1.807) is 4.90 Å². The summed E-state index contributed by atoms with van der Waals surface area (Å²) in [7, 11) is 0. The Morgan fingerprint density at radius 1 is 1.04 bits per heavy atom. The van der Waals surface area contributed by atoms with E-state index in [9.17, 15) is 19.2 Å². The largest absolute Gasteiger partial charge is 0.369 e. The van der Waals surface area contributed by atoms with Gasteiger partial charge in [0.1, 0.15) is 0 Å². The fourth-order valence-corrected chi connectivity index (χ4v) is 4.05. The highest BCUT2D eigenvalue weighted by Gasteiger charge is 2.46. The molecule has 2 aliphatic heterocycles. The van der Waals surface area contributed by atoms with E-state index < -0.39 is 0 Å². The van der Waals surface area contributed by atoms with Crippen LogP contribution < -0.4 is 5.73 Å². The van der Waals surface area contributed by atoms with Crippen LogP contribution in [0.3, 0.4) is 0 Å². The van der Waals surface area contributed by atoms with Crippen LogP contribution in [0.25, 0.3) is 0 Å². The molecule has 2 fully saturated rings. The maximum atomic E-state index is 12.4. The van der Waals surface area contributed by atoms with E-state index in [2.05, 4.69) is 0 Å². The summed E-state index contributed by atoms with van der Waals surface area (Å²) in [6.07, 6.45) is 7.23. The Kier molecular flexibility index (Phi) is 5.20. The molecule has 4 amide bonds. The molecule has 25 heavy (non-hydrogen) atoms. The first-order chi connectivity index (χ1) is 12.0. The first-order valence-corrected chi connectivity index (χ1v) is 9.06. The van der Waals surface area contributed by atoms with Crippen LogP contribution >= 0.6 is 0 Å². The van der Waals surface area contributed by atoms with Gasteiger partial charge in [-0.25, -0.2) is 0 Å². The van der Waals surface area contributed by atoms with Crippen LogP contribution in [0.4, 0.5) is 0 Å². The molecular formula is C18H25N3O4. The van der Waals surface area contributed by atoms with E-state index in [0.29, 0.717) is 58.2 Å². The van der Waals surface area contributed by atoms with Crippen molar-refractivity contribution < 1.29 is 19.2 Å². The van der Waals surface area contributed by atoms with Gasteiger partial charge < -0.3 is 10.6 Å². The minimum Gasteiger partial charge on any atom is -0.369 e. The third-order valence-corrected chi connectivity index (χ3v) is 5.62. The van der Waals surface area contributed by atoms with Crippen molar-refractivity contribution in [2.45, 2.75) is 38.5 Å². The monoisotopic (exact) mass is 347 g/mol. The van der Waals surface area contributed by atoms with Crippen molar-refractivity contribution in [2.75, 3.05) is 19.6 Å². The van der Waals surface area contributed by atoms with E-state index in [-0.39, 0.29) is 41.4 Å². The smallest absolute Gasteiger partial charge is 0.233 e. The first kappa shape index (κ1) is 17.6. The number of imide groups is 1. The van der Waals surface area contributed by atoms with E-state index in [4.69, 9.17) is 5.73 Å². The van der Waals surface area contributed by atoms with E-state index in [1.807, 2.05) is 12.2 Å². The summed E-state index contributed by atoms with van der Waals surface area (Å²) in [6, 6.07) is 0. The van der Waals surface area contributed by atoms with Gasteiger partial charge in [-0.1, -0.05) is 12.2 Å². The van der Waals surface area contributed by atoms with Gasteiger partial charge in [0.25, 0.3) is 0 Å². The summed E-state index contributed by atoms with van der Waals surface area (Å²) in [5.41, 5.74) is 5.30. The van der Waals surface area contributed by atoms with Crippen LogP contribution in [0.1, 0.15) is 38.5 Å². The topological polar surface area (TPSA) is 101 Å². The molecule has 0 radical (unpaired) electrons. The molecule has 0 bridgehead atoms. The van der Waals surface area contributed by atoms with Crippen LogP contribution in [0, 0.1) is 17.8 Å². The van der Waals surface area contributed by atoms with Gasteiger partial charge in [0.05, 0.1) is 11.8 Å². The number of rotatable bonds is 5. The Bertz CT molecular complexity index is 581. The zero-order valence-corrected chi connectivity index (χ0v) is 14.4. The summed E-state index contributed by atoms with van der Waals surface area (Å²) >= 11 is 0. The number of nitrogens with two attached hydrogens (primary N) is 1. The van der Waals surface area contributed by atoms with Gasteiger partial charge in [0, 0.05) is 32.0 Å². The van der Waals surface area contributed by atoms with Gasteiger partial charge in [-0.05, 0) is 32.1 Å².